The molecule has 1 N–H and O–H groups in total. The highest BCUT2D eigenvalue weighted by molar-refractivity contribution is 7.89. The van der Waals surface area contributed by atoms with Gasteiger partial charge in [-0.3, -0.25) is 0 Å². The van der Waals surface area contributed by atoms with Gasteiger partial charge in [-0.15, -0.1) is 0 Å². The summed E-state index contributed by atoms with van der Waals surface area (Å²) in [5.41, 5.74) is 1.03. The van der Waals surface area contributed by atoms with Gasteiger partial charge in [0.2, 0.25) is 10.0 Å². The SMILES string of the molecule is CN(Cc1ncc[nH]1)S(=O)(=O)CCc1ccccc1. The average molecular weight is 279 g/mol. The Morgan fingerprint density at radius 2 is 2.00 bits per heavy atom. The van der Waals surface area contributed by atoms with E-state index < -0.39 is 10.0 Å². The van der Waals surface area contributed by atoms with E-state index in [9.17, 15) is 8.42 Å². The number of aromatic nitrogens is 2. The quantitative estimate of drug-likeness (QED) is 0.869. The van der Waals surface area contributed by atoms with E-state index in [0.29, 0.717) is 12.2 Å². The first-order chi connectivity index (χ1) is 9.08. The highest BCUT2D eigenvalue weighted by Crippen LogP contribution is 2.07. The van der Waals surface area contributed by atoms with Crippen molar-refractivity contribution in [3.05, 3.63) is 54.1 Å². The third kappa shape index (κ3) is 3.90. The number of rotatable bonds is 6. The monoisotopic (exact) mass is 279 g/mol. The van der Waals surface area contributed by atoms with E-state index in [1.165, 1.54) is 4.31 Å². The number of hydrogen-bond donors (Lipinski definition) is 1. The van der Waals surface area contributed by atoms with E-state index in [2.05, 4.69) is 9.97 Å². The summed E-state index contributed by atoms with van der Waals surface area (Å²) < 4.78 is 25.6. The van der Waals surface area contributed by atoms with Crippen LogP contribution in [0.2, 0.25) is 0 Å². The molecule has 0 saturated heterocycles. The normalized spacial score (nSPS) is 11.9. The van der Waals surface area contributed by atoms with Gasteiger partial charge >= 0.3 is 0 Å². The molecule has 0 spiro atoms. The third-order valence-corrected chi connectivity index (χ3v) is 4.69. The Morgan fingerprint density at radius 3 is 2.63 bits per heavy atom. The molecular formula is C13H17N3O2S. The first kappa shape index (κ1) is 13.8. The summed E-state index contributed by atoms with van der Waals surface area (Å²) in [6.07, 6.45) is 3.81. The van der Waals surface area contributed by atoms with Gasteiger partial charge < -0.3 is 4.98 Å². The molecular weight excluding hydrogens is 262 g/mol. The molecule has 2 rings (SSSR count). The van der Waals surface area contributed by atoms with Gasteiger partial charge in [0.1, 0.15) is 5.82 Å². The number of aromatic amines is 1. The second-order valence-electron chi connectivity index (χ2n) is 4.34. The molecule has 2 aromatic rings. The fourth-order valence-corrected chi connectivity index (χ4v) is 2.87. The number of hydrogen-bond acceptors (Lipinski definition) is 3. The second kappa shape index (κ2) is 5.99. The first-order valence-electron chi connectivity index (χ1n) is 6.04. The number of H-pyrrole nitrogens is 1. The summed E-state index contributed by atoms with van der Waals surface area (Å²) in [5, 5.41) is 0. The highest BCUT2D eigenvalue weighted by atomic mass is 32.2. The van der Waals surface area contributed by atoms with Crippen molar-refractivity contribution in [3.8, 4) is 0 Å². The second-order valence-corrected chi connectivity index (χ2v) is 6.54. The molecule has 0 radical (unpaired) electrons. The molecule has 0 aliphatic rings. The van der Waals surface area contributed by atoms with Crippen molar-refractivity contribution >= 4 is 10.0 Å². The number of nitrogens with zero attached hydrogens (tertiary/aromatic N) is 2. The molecule has 0 unspecified atom stereocenters. The zero-order valence-electron chi connectivity index (χ0n) is 10.8. The molecule has 0 fully saturated rings. The Kier molecular flexibility index (Phi) is 4.34. The molecule has 1 heterocycles. The minimum atomic E-state index is -3.26. The van der Waals surface area contributed by atoms with Crippen LogP contribution in [0.1, 0.15) is 11.4 Å². The van der Waals surface area contributed by atoms with Crippen LogP contribution in [0.5, 0.6) is 0 Å². The molecule has 6 heteroatoms. The summed E-state index contributed by atoms with van der Waals surface area (Å²) >= 11 is 0. The summed E-state index contributed by atoms with van der Waals surface area (Å²) in [6, 6.07) is 9.61. The van der Waals surface area contributed by atoms with Crippen molar-refractivity contribution in [2.75, 3.05) is 12.8 Å². The number of benzene rings is 1. The Bertz CT molecular complexity index is 594. The van der Waals surface area contributed by atoms with Crippen LogP contribution < -0.4 is 0 Å². The van der Waals surface area contributed by atoms with Crippen LogP contribution >= 0.6 is 0 Å². The lowest BCUT2D eigenvalue weighted by Gasteiger charge is -2.15. The molecule has 0 aliphatic heterocycles. The van der Waals surface area contributed by atoms with E-state index in [1.54, 1.807) is 19.4 Å². The number of sulfonamides is 1. The smallest absolute Gasteiger partial charge is 0.214 e. The van der Waals surface area contributed by atoms with Crippen molar-refractivity contribution in [3.63, 3.8) is 0 Å². The Morgan fingerprint density at radius 1 is 1.26 bits per heavy atom. The number of imidazole rings is 1. The molecule has 0 atom stereocenters. The van der Waals surface area contributed by atoms with Gasteiger partial charge in [-0.1, -0.05) is 30.3 Å². The van der Waals surface area contributed by atoms with E-state index in [-0.39, 0.29) is 12.3 Å². The van der Waals surface area contributed by atoms with E-state index >= 15 is 0 Å². The maximum absolute atomic E-state index is 12.1. The summed E-state index contributed by atoms with van der Waals surface area (Å²) in [4.78, 5) is 6.92. The lowest BCUT2D eigenvalue weighted by Crippen LogP contribution is -2.30. The van der Waals surface area contributed by atoms with Crippen molar-refractivity contribution in [1.82, 2.24) is 14.3 Å². The van der Waals surface area contributed by atoms with Crippen LogP contribution in [0.15, 0.2) is 42.7 Å². The van der Waals surface area contributed by atoms with E-state index in [4.69, 9.17) is 0 Å². The van der Waals surface area contributed by atoms with Crippen molar-refractivity contribution in [2.24, 2.45) is 0 Å². The minimum Gasteiger partial charge on any atom is -0.347 e. The Labute approximate surface area is 113 Å². The standard InChI is InChI=1S/C13H17N3O2S/c1-16(11-13-14-8-9-15-13)19(17,18)10-7-12-5-3-2-4-6-12/h2-6,8-9H,7,10-11H2,1H3,(H,14,15). The van der Waals surface area contributed by atoms with Crippen LogP contribution in [-0.2, 0) is 23.0 Å². The van der Waals surface area contributed by atoms with Crippen molar-refractivity contribution in [1.29, 1.82) is 0 Å². The molecule has 0 bridgehead atoms. The van der Waals surface area contributed by atoms with Crippen molar-refractivity contribution in [2.45, 2.75) is 13.0 Å². The fraction of sp³-hybridized carbons (Fsp3) is 0.308. The van der Waals surface area contributed by atoms with Crippen LogP contribution in [0.4, 0.5) is 0 Å². The molecule has 0 aliphatic carbocycles. The number of aryl methyl sites for hydroxylation is 1. The topological polar surface area (TPSA) is 66.1 Å². The largest absolute Gasteiger partial charge is 0.347 e. The number of nitrogens with one attached hydrogen (secondary N) is 1. The van der Waals surface area contributed by atoms with Crippen molar-refractivity contribution < 1.29 is 8.42 Å². The molecule has 102 valence electrons. The molecule has 1 aromatic heterocycles. The molecule has 5 nitrogen and oxygen atoms in total. The average Bonchev–Trinajstić information content (AvgIpc) is 2.90. The Hall–Kier alpha value is -1.66. The van der Waals surface area contributed by atoms with Gasteiger partial charge in [0.05, 0.1) is 12.3 Å². The van der Waals surface area contributed by atoms with Gasteiger partial charge in [-0.2, -0.15) is 4.31 Å². The van der Waals surface area contributed by atoms with Crippen LogP contribution in [0.25, 0.3) is 0 Å². The zero-order valence-corrected chi connectivity index (χ0v) is 11.6. The Balaban J connectivity index is 1.94. The lowest BCUT2D eigenvalue weighted by molar-refractivity contribution is 0.458. The highest BCUT2D eigenvalue weighted by Gasteiger charge is 2.18. The first-order valence-corrected chi connectivity index (χ1v) is 7.65. The third-order valence-electron chi connectivity index (χ3n) is 2.89. The van der Waals surface area contributed by atoms with Crippen LogP contribution in [0, 0.1) is 0 Å². The predicted octanol–water partition coefficient (Wildman–Crippen LogP) is 1.41. The van der Waals surface area contributed by atoms with E-state index in [1.807, 2.05) is 30.3 Å². The molecule has 0 amide bonds. The van der Waals surface area contributed by atoms with Gasteiger partial charge in [-0.25, -0.2) is 13.4 Å². The molecule has 0 saturated carbocycles. The van der Waals surface area contributed by atoms with Crippen LogP contribution in [0.3, 0.4) is 0 Å². The van der Waals surface area contributed by atoms with Gasteiger partial charge in [0.25, 0.3) is 0 Å². The maximum atomic E-state index is 12.1. The minimum absolute atomic E-state index is 0.105. The van der Waals surface area contributed by atoms with Crippen LogP contribution in [-0.4, -0.2) is 35.5 Å². The predicted molar refractivity (Wildman–Crippen MR) is 74.0 cm³/mol. The fourth-order valence-electron chi connectivity index (χ4n) is 1.74. The summed E-state index contributed by atoms with van der Waals surface area (Å²) in [7, 11) is -1.69. The molecule has 1 aromatic carbocycles. The van der Waals surface area contributed by atoms with Gasteiger partial charge in [0.15, 0.2) is 0 Å². The molecule has 19 heavy (non-hydrogen) atoms. The maximum Gasteiger partial charge on any atom is 0.214 e. The lowest BCUT2D eigenvalue weighted by atomic mass is 10.2. The van der Waals surface area contributed by atoms with Gasteiger partial charge in [0, 0.05) is 19.4 Å². The van der Waals surface area contributed by atoms with Gasteiger partial charge in [-0.05, 0) is 12.0 Å². The zero-order chi connectivity index (χ0) is 13.7. The van der Waals surface area contributed by atoms with E-state index in [0.717, 1.165) is 5.56 Å². The summed E-state index contributed by atoms with van der Waals surface area (Å²) in [5.74, 6) is 0.750. The summed E-state index contributed by atoms with van der Waals surface area (Å²) in [6.45, 7) is 0.268.